The van der Waals surface area contributed by atoms with Crippen LogP contribution in [0.2, 0.25) is 0 Å². The van der Waals surface area contributed by atoms with Crippen LogP contribution in [-0.4, -0.2) is 23.3 Å². The van der Waals surface area contributed by atoms with E-state index in [9.17, 15) is 22.8 Å². The van der Waals surface area contributed by atoms with Gasteiger partial charge in [-0.15, -0.1) is 13.2 Å². The Kier molecular flexibility index (Phi) is 4.14. The second-order valence-electron chi connectivity index (χ2n) is 4.95. The minimum absolute atomic E-state index is 0.0480. The number of hydrogen-bond donors (Lipinski definition) is 1. The average Bonchev–Trinajstić information content (AvgIpc) is 2.82. The Morgan fingerprint density at radius 1 is 1.04 bits per heavy atom. The van der Waals surface area contributed by atoms with Gasteiger partial charge >= 0.3 is 12.4 Å². The van der Waals surface area contributed by atoms with Gasteiger partial charge in [-0.2, -0.15) is 0 Å². The molecule has 1 aromatic carbocycles. The molecule has 1 fully saturated rings. The van der Waals surface area contributed by atoms with Gasteiger partial charge in [0, 0.05) is 12.4 Å². The molecule has 1 aliphatic heterocycles. The number of nitrogens with zero attached hydrogens (tertiary/aromatic N) is 2. The molecule has 25 heavy (non-hydrogen) atoms. The predicted molar refractivity (Wildman–Crippen MR) is 81.4 cm³/mol. The first kappa shape index (κ1) is 16.5. The summed E-state index contributed by atoms with van der Waals surface area (Å²) in [4.78, 5) is 29.1. The van der Waals surface area contributed by atoms with E-state index < -0.39 is 24.1 Å². The number of rotatable bonds is 3. The predicted octanol–water partition coefficient (Wildman–Crippen LogP) is 3.08. The van der Waals surface area contributed by atoms with Crippen molar-refractivity contribution < 1.29 is 27.5 Å². The van der Waals surface area contributed by atoms with Gasteiger partial charge in [0.15, 0.2) is 0 Å². The third kappa shape index (κ3) is 3.77. The maximum Gasteiger partial charge on any atom is 0.573 e. The van der Waals surface area contributed by atoms with Gasteiger partial charge in [0.1, 0.15) is 11.4 Å². The monoisotopic (exact) mass is 349 g/mol. The molecule has 0 unspecified atom stereocenters. The van der Waals surface area contributed by atoms with E-state index in [0.717, 1.165) is 17.0 Å². The maximum atomic E-state index is 12.4. The summed E-state index contributed by atoms with van der Waals surface area (Å²) in [5.74, 6) is -1.07. The fraction of sp³-hybridized carbons (Fsp3) is 0.0625. The van der Waals surface area contributed by atoms with Gasteiger partial charge in [-0.1, -0.05) is 0 Å². The highest BCUT2D eigenvalue weighted by molar-refractivity contribution is 6.28. The minimum Gasteiger partial charge on any atom is -0.406 e. The van der Waals surface area contributed by atoms with Crippen molar-refractivity contribution >= 4 is 23.7 Å². The first-order valence-electron chi connectivity index (χ1n) is 6.96. The Bertz CT molecular complexity index is 833. The van der Waals surface area contributed by atoms with Crippen LogP contribution in [0.1, 0.15) is 5.56 Å². The van der Waals surface area contributed by atoms with Crippen molar-refractivity contribution in [3.05, 3.63) is 60.1 Å². The van der Waals surface area contributed by atoms with Gasteiger partial charge in [-0.05, 0) is 48.0 Å². The summed E-state index contributed by atoms with van der Waals surface area (Å²) < 4.78 is 40.2. The van der Waals surface area contributed by atoms with Crippen LogP contribution in [0.25, 0.3) is 6.08 Å². The molecular weight excluding hydrogens is 339 g/mol. The quantitative estimate of drug-likeness (QED) is 0.683. The lowest BCUT2D eigenvalue weighted by Gasteiger charge is -2.13. The lowest BCUT2D eigenvalue weighted by atomic mass is 10.2. The summed E-state index contributed by atoms with van der Waals surface area (Å²) in [7, 11) is 0. The molecular formula is C16H10F3N3O3. The summed E-state index contributed by atoms with van der Waals surface area (Å²) in [5.41, 5.74) is 0.830. The van der Waals surface area contributed by atoms with Crippen LogP contribution in [0.5, 0.6) is 5.75 Å². The third-order valence-electron chi connectivity index (χ3n) is 3.22. The van der Waals surface area contributed by atoms with Crippen molar-refractivity contribution in [3.63, 3.8) is 0 Å². The van der Waals surface area contributed by atoms with Crippen molar-refractivity contribution in [1.29, 1.82) is 0 Å². The first-order valence-corrected chi connectivity index (χ1v) is 6.96. The largest absolute Gasteiger partial charge is 0.573 e. The zero-order valence-electron chi connectivity index (χ0n) is 12.4. The first-order chi connectivity index (χ1) is 11.8. The summed E-state index contributed by atoms with van der Waals surface area (Å²) >= 11 is 0. The minimum atomic E-state index is -4.82. The molecule has 128 valence electrons. The van der Waals surface area contributed by atoms with E-state index in [1.807, 2.05) is 0 Å². The van der Waals surface area contributed by atoms with Crippen molar-refractivity contribution in [1.82, 2.24) is 10.3 Å². The van der Waals surface area contributed by atoms with Crippen molar-refractivity contribution in [2.75, 3.05) is 4.90 Å². The van der Waals surface area contributed by atoms with Gasteiger partial charge in [0.2, 0.25) is 0 Å². The summed E-state index contributed by atoms with van der Waals surface area (Å²) in [5, 5.41) is 2.42. The summed E-state index contributed by atoms with van der Waals surface area (Å²) in [6, 6.07) is 7.02. The van der Waals surface area contributed by atoms with E-state index in [-0.39, 0.29) is 11.4 Å². The molecule has 0 atom stereocenters. The molecule has 0 bridgehead atoms. The zero-order valence-corrected chi connectivity index (χ0v) is 12.4. The highest BCUT2D eigenvalue weighted by atomic mass is 19.4. The van der Waals surface area contributed by atoms with Gasteiger partial charge < -0.3 is 10.1 Å². The summed E-state index contributed by atoms with van der Waals surface area (Å²) in [6.07, 6.45) is -0.276. The van der Waals surface area contributed by atoms with E-state index in [0.29, 0.717) is 5.56 Å². The maximum absolute atomic E-state index is 12.4. The SMILES string of the molecule is O=C1N/C(=C/c2ccncc2)C(=O)N1c1ccc(OC(F)(F)F)cc1. The lowest BCUT2D eigenvalue weighted by Crippen LogP contribution is -2.30. The number of amides is 3. The number of halogens is 3. The number of benzene rings is 1. The van der Waals surface area contributed by atoms with Crippen molar-refractivity contribution in [2.45, 2.75) is 6.36 Å². The van der Waals surface area contributed by atoms with Crippen LogP contribution in [0, 0.1) is 0 Å². The summed E-state index contributed by atoms with van der Waals surface area (Å²) in [6.45, 7) is 0. The second-order valence-corrected chi connectivity index (χ2v) is 4.95. The number of carbonyl (C=O) groups is 2. The number of aromatic nitrogens is 1. The number of ether oxygens (including phenoxy) is 1. The molecule has 3 amide bonds. The number of nitrogens with one attached hydrogen (secondary N) is 1. The lowest BCUT2D eigenvalue weighted by molar-refractivity contribution is -0.274. The standard InChI is InChI=1S/C16H10F3N3O3/c17-16(18,19)25-12-3-1-11(2-4-12)22-14(23)13(21-15(22)24)9-10-5-7-20-8-6-10/h1-9H,(H,21,24)/b13-9+. The molecule has 1 N–H and O–H groups in total. The Labute approximate surface area is 139 Å². The van der Waals surface area contributed by atoms with Crippen LogP contribution in [0.4, 0.5) is 23.7 Å². The zero-order chi connectivity index (χ0) is 18.0. The Morgan fingerprint density at radius 3 is 2.28 bits per heavy atom. The number of anilines is 1. The van der Waals surface area contributed by atoms with Gasteiger partial charge in [-0.3, -0.25) is 9.78 Å². The smallest absolute Gasteiger partial charge is 0.406 e. The molecule has 0 aliphatic carbocycles. The van der Waals surface area contributed by atoms with Crippen molar-refractivity contribution in [3.8, 4) is 5.75 Å². The molecule has 9 heteroatoms. The molecule has 1 saturated heterocycles. The highest BCUT2D eigenvalue weighted by Gasteiger charge is 2.35. The number of hydrogen-bond acceptors (Lipinski definition) is 4. The van der Waals surface area contributed by atoms with Crippen molar-refractivity contribution in [2.24, 2.45) is 0 Å². The number of imide groups is 1. The molecule has 0 saturated carbocycles. The van der Waals surface area contributed by atoms with Crippen LogP contribution in [-0.2, 0) is 4.79 Å². The van der Waals surface area contributed by atoms with E-state index in [1.54, 1.807) is 12.1 Å². The van der Waals surface area contributed by atoms with E-state index in [2.05, 4.69) is 15.0 Å². The molecule has 6 nitrogen and oxygen atoms in total. The van der Waals surface area contributed by atoms with Crippen LogP contribution < -0.4 is 15.0 Å². The molecule has 0 spiro atoms. The van der Waals surface area contributed by atoms with Crippen LogP contribution >= 0.6 is 0 Å². The average molecular weight is 349 g/mol. The molecule has 0 radical (unpaired) electrons. The number of pyridine rings is 1. The van der Waals surface area contributed by atoms with Crippen LogP contribution in [0.15, 0.2) is 54.5 Å². The molecule has 2 heterocycles. The van der Waals surface area contributed by atoms with Crippen LogP contribution in [0.3, 0.4) is 0 Å². The molecule has 3 rings (SSSR count). The van der Waals surface area contributed by atoms with E-state index in [1.165, 1.54) is 30.6 Å². The molecule has 1 aromatic heterocycles. The fourth-order valence-electron chi connectivity index (χ4n) is 2.19. The third-order valence-corrected chi connectivity index (χ3v) is 3.22. The van der Waals surface area contributed by atoms with E-state index in [4.69, 9.17) is 0 Å². The molecule has 2 aromatic rings. The van der Waals surface area contributed by atoms with Gasteiger partial charge in [0.25, 0.3) is 5.91 Å². The Balaban J connectivity index is 1.82. The number of carbonyl (C=O) groups excluding carboxylic acids is 2. The Morgan fingerprint density at radius 2 is 1.68 bits per heavy atom. The number of urea groups is 1. The van der Waals surface area contributed by atoms with Gasteiger partial charge in [-0.25, -0.2) is 9.69 Å². The highest BCUT2D eigenvalue weighted by Crippen LogP contribution is 2.27. The second kappa shape index (κ2) is 6.27. The topological polar surface area (TPSA) is 71.5 Å². The normalized spacial score (nSPS) is 16.3. The van der Waals surface area contributed by atoms with E-state index >= 15 is 0 Å². The molecule has 1 aliphatic rings. The Hall–Kier alpha value is -3.36. The van der Waals surface area contributed by atoms with Gasteiger partial charge in [0.05, 0.1) is 5.69 Å². The fourth-order valence-corrected chi connectivity index (χ4v) is 2.19. The number of alkyl halides is 3.